The molecule has 0 aliphatic carbocycles. The first-order valence-electron chi connectivity index (χ1n) is 9.96. The van der Waals surface area contributed by atoms with Crippen LogP contribution in [0, 0.1) is 6.92 Å². The molecule has 0 unspecified atom stereocenters. The Morgan fingerprint density at radius 3 is 2.47 bits per heavy atom. The lowest BCUT2D eigenvalue weighted by molar-refractivity contribution is -0.136. The number of aryl methyl sites for hydroxylation is 1. The van der Waals surface area contributed by atoms with Gasteiger partial charge in [-0.2, -0.15) is 0 Å². The Balaban J connectivity index is 1.80. The van der Waals surface area contributed by atoms with Crippen molar-refractivity contribution in [1.82, 2.24) is 19.9 Å². The summed E-state index contributed by atoms with van der Waals surface area (Å²) in [4.78, 5) is 28.1. The number of methoxy groups -OCH3 is 2. The molecule has 1 aromatic heterocycles. The number of aliphatic hydroxyl groups excluding tert-OH is 1. The SMILES string of the molecule is COC(=O)C1=C(Nc2cc(C)cc(-n3nc4ccccc4n3)c2OC)C(=O)N(CCO)C1. The molecule has 10 heteroatoms. The number of anilines is 1. The highest BCUT2D eigenvalue weighted by molar-refractivity contribution is 6.08. The maximum Gasteiger partial charge on any atom is 0.337 e. The number of nitrogens with one attached hydrogen (secondary N) is 1. The normalized spacial score (nSPS) is 13.8. The Labute approximate surface area is 184 Å². The lowest BCUT2D eigenvalue weighted by atomic mass is 10.1. The van der Waals surface area contributed by atoms with E-state index < -0.39 is 11.9 Å². The number of benzene rings is 2. The van der Waals surface area contributed by atoms with Crippen molar-refractivity contribution in [3.63, 3.8) is 0 Å². The second kappa shape index (κ2) is 8.67. The van der Waals surface area contributed by atoms with Gasteiger partial charge in [0.2, 0.25) is 0 Å². The highest BCUT2D eigenvalue weighted by atomic mass is 16.5. The molecular formula is C22H23N5O5. The van der Waals surface area contributed by atoms with Gasteiger partial charge in [0.05, 0.1) is 38.6 Å². The summed E-state index contributed by atoms with van der Waals surface area (Å²) in [5.74, 6) is -0.623. The fourth-order valence-corrected chi connectivity index (χ4v) is 3.66. The predicted molar refractivity (Wildman–Crippen MR) is 116 cm³/mol. The molecule has 0 fully saturated rings. The number of ether oxygens (including phenoxy) is 2. The Morgan fingerprint density at radius 2 is 1.88 bits per heavy atom. The third-order valence-electron chi connectivity index (χ3n) is 5.13. The number of carbonyl (C=O) groups is 2. The van der Waals surface area contributed by atoms with Gasteiger partial charge in [0, 0.05) is 6.54 Å². The largest absolute Gasteiger partial charge is 0.492 e. The van der Waals surface area contributed by atoms with Gasteiger partial charge in [-0.05, 0) is 36.8 Å². The van der Waals surface area contributed by atoms with Crippen LogP contribution in [0.25, 0.3) is 16.7 Å². The number of fused-ring (bicyclic) bond motifs is 1. The Hall–Kier alpha value is -3.92. The molecule has 1 aliphatic heterocycles. The molecule has 1 aliphatic rings. The van der Waals surface area contributed by atoms with Gasteiger partial charge in [-0.1, -0.05) is 12.1 Å². The van der Waals surface area contributed by atoms with Gasteiger partial charge in [0.25, 0.3) is 5.91 Å². The van der Waals surface area contributed by atoms with Gasteiger partial charge >= 0.3 is 5.97 Å². The number of carbonyl (C=O) groups excluding carboxylic acids is 2. The van der Waals surface area contributed by atoms with Crippen molar-refractivity contribution in [3.05, 3.63) is 53.2 Å². The quantitative estimate of drug-likeness (QED) is 0.533. The number of esters is 1. The minimum atomic E-state index is -0.617. The zero-order chi connectivity index (χ0) is 22.8. The van der Waals surface area contributed by atoms with Crippen LogP contribution in [-0.4, -0.2) is 70.8 Å². The van der Waals surface area contributed by atoms with Crippen molar-refractivity contribution in [2.75, 3.05) is 39.2 Å². The molecule has 0 atom stereocenters. The second-order valence-corrected chi connectivity index (χ2v) is 7.26. The maximum atomic E-state index is 12.9. The molecule has 0 bridgehead atoms. The number of aromatic nitrogens is 3. The smallest absolute Gasteiger partial charge is 0.337 e. The topological polar surface area (TPSA) is 119 Å². The van der Waals surface area contributed by atoms with Crippen LogP contribution in [0.5, 0.6) is 5.75 Å². The monoisotopic (exact) mass is 437 g/mol. The third-order valence-corrected chi connectivity index (χ3v) is 5.13. The average molecular weight is 437 g/mol. The van der Waals surface area contributed by atoms with Crippen LogP contribution in [0.2, 0.25) is 0 Å². The summed E-state index contributed by atoms with van der Waals surface area (Å²) in [5, 5.41) is 21.4. The number of rotatable bonds is 7. The molecule has 2 N–H and O–H groups in total. The number of amides is 1. The lowest BCUT2D eigenvalue weighted by Gasteiger charge is -2.17. The van der Waals surface area contributed by atoms with Crippen LogP contribution in [0.3, 0.4) is 0 Å². The average Bonchev–Trinajstić information content (AvgIpc) is 3.35. The number of aliphatic hydroxyl groups is 1. The van der Waals surface area contributed by atoms with E-state index in [1.165, 1.54) is 23.9 Å². The van der Waals surface area contributed by atoms with E-state index >= 15 is 0 Å². The van der Waals surface area contributed by atoms with Crippen molar-refractivity contribution < 1.29 is 24.2 Å². The highest BCUT2D eigenvalue weighted by Crippen LogP contribution is 2.35. The molecule has 0 saturated carbocycles. The first-order valence-corrected chi connectivity index (χ1v) is 9.96. The van der Waals surface area contributed by atoms with Gasteiger partial charge in [-0.3, -0.25) is 4.79 Å². The summed E-state index contributed by atoms with van der Waals surface area (Å²) in [7, 11) is 2.76. The number of β-amino-alcohol motifs (C(OH)–C–C–N with tert-alkyl or cyclic N) is 1. The standard InChI is InChI=1S/C22H23N5O5/c1-13-10-17(23-19-14(22(30)32-3)12-26(8-9-28)21(19)29)20(31-2)18(11-13)27-24-15-6-4-5-7-16(15)25-27/h4-7,10-11,23,28H,8-9,12H2,1-3H3. The summed E-state index contributed by atoms with van der Waals surface area (Å²) >= 11 is 0. The van der Waals surface area contributed by atoms with Crippen molar-refractivity contribution in [1.29, 1.82) is 0 Å². The van der Waals surface area contributed by atoms with Crippen LogP contribution in [-0.2, 0) is 14.3 Å². The predicted octanol–water partition coefficient (Wildman–Crippen LogP) is 1.41. The lowest BCUT2D eigenvalue weighted by Crippen LogP contribution is -2.31. The molecule has 4 rings (SSSR count). The van der Waals surface area contributed by atoms with Crippen LogP contribution in [0.1, 0.15) is 5.56 Å². The van der Waals surface area contributed by atoms with Gasteiger partial charge in [-0.25, -0.2) is 4.79 Å². The summed E-state index contributed by atoms with van der Waals surface area (Å²) in [6.45, 7) is 1.82. The summed E-state index contributed by atoms with van der Waals surface area (Å²) in [5.41, 5.74) is 3.63. The molecule has 1 amide bonds. The molecule has 0 spiro atoms. The van der Waals surface area contributed by atoms with Crippen LogP contribution < -0.4 is 10.1 Å². The molecule has 0 radical (unpaired) electrons. The van der Waals surface area contributed by atoms with Crippen LogP contribution in [0.4, 0.5) is 5.69 Å². The number of hydrogen-bond donors (Lipinski definition) is 2. The van der Waals surface area contributed by atoms with E-state index in [9.17, 15) is 14.7 Å². The van der Waals surface area contributed by atoms with Gasteiger partial charge < -0.3 is 24.8 Å². The van der Waals surface area contributed by atoms with Gasteiger partial charge in [-0.15, -0.1) is 15.0 Å². The minimum Gasteiger partial charge on any atom is -0.492 e. The van der Waals surface area contributed by atoms with E-state index in [2.05, 4.69) is 15.5 Å². The van der Waals surface area contributed by atoms with Crippen molar-refractivity contribution in [2.45, 2.75) is 6.92 Å². The molecule has 0 saturated heterocycles. The summed E-state index contributed by atoms with van der Waals surface area (Å²) < 4.78 is 10.5. The van der Waals surface area contributed by atoms with E-state index in [-0.39, 0.29) is 31.0 Å². The fraction of sp³-hybridized carbons (Fsp3) is 0.273. The van der Waals surface area contributed by atoms with E-state index in [0.717, 1.165) is 16.6 Å². The fourth-order valence-electron chi connectivity index (χ4n) is 3.66. The van der Waals surface area contributed by atoms with Gasteiger partial charge in [0.1, 0.15) is 22.4 Å². The maximum absolute atomic E-state index is 12.9. The van der Waals surface area contributed by atoms with E-state index in [0.29, 0.717) is 17.1 Å². The molecule has 10 nitrogen and oxygen atoms in total. The van der Waals surface area contributed by atoms with Crippen LogP contribution >= 0.6 is 0 Å². The van der Waals surface area contributed by atoms with E-state index in [1.54, 1.807) is 6.07 Å². The molecular weight excluding hydrogens is 414 g/mol. The molecule has 2 heterocycles. The molecule has 3 aromatic rings. The second-order valence-electron chi connectivity index (χ2n) is 7.26. The zero-order valence-corrected chi connectivity index (χ0v) is 18.0. The molecule has 166 valence electrons. The zero-order valence-electron chi connectivity index (χ0n) is 18.0. The molecule has 32 heavy (non-hydrogen) atoms. The Bertz CT molecular complexity index is 1200. The Morgan fingerprint density at radius 1 is 1.19 bits per heavy atom. The molecule has 2 aromatic carbocycles. The van der Waals surface area contributed by atoms with Crippen molar-refractivity contribution >= 4 is 28.6 Å². The van der Waals surface area contributed by atoms with E-state index in [1.807, 2.05) is 37.3 Å². The number of nitrogens with zero attached hydrogens (tertiary/aromatic N) is 4. The third kappa shape index (κ3) is 3.76. The minimum absolute atomic E-state index is 0.0431. The van der Waals surface area contributed by atoms with Crippen molar-refractivity contribution in [3.8, 4) is 11.4 Å². The highest BCUT2D eigenvalue weighted by Gasteiger charge is 2.35. The van der Waals surface area contributed by atoms with Crippen LogP contribution in [0.15, 0.2) is 47.7 Å². The van der Waals surface area contributed by atoms with Crippen molar-refractivity contribution in [2.24, 2.45) is 0 Å². The van der Waals surface area contributed by atoms with E-state index in [4.69, 9.17) is 9.47 Å². The first-order chi connectivity index (χ1) is 15.5. The first kappa shape index (κ1) is 21.3. The van der Waals surface area contributed by atoms with Gasteiger partial charge in [0.15, 0.2) is 5.75 Å². The summed E-state index contributed by atoms with van der Waals surface area (Å²) in [6.07, 6.45) is 0. The summed E-state index contributed by atoms with van der Waals surface area (Å²) in [6, 6.07) is 11.2. The Kier molecular flexibility index (Phi) is 5.78. The number of hydrogen-bond acceptors (Lipinski definition) is 8.